The summed E-state index contributed by atoms with van der Waals surface area (Å²) in [5, 5.41) is 31.3. The number of carbonyl (C=O) groups excluding carboxylic acids is 1. The lowest BCUT2D eigenvalue weighted by atomic mass is 10.0. The van der Waals surface area contributed by atoms with Crippen LogP contribution in [0.2, 0.25) is 0 Å². The second kappa shape index (κ2) is 7.86. The molecule has 144 valence electrons. The number of phenols is 2. The minimum Gasteiger partial charge on any atom is -0.506 e. The summed E-state index contributed by atoms with van der Waals surface area (Å²) in [4.78, 5) is 17.3. The number of carbonyl (C=O) groups is 1. The highest BCUT2D eigenvalue weighted by atomic mass is 32.1. The molecule has 0 aliphatic carbocycles. The van der Waals surface area contributed by atoms with Crippen molar-refractivity contribution in [1.82, 2.24) is 0 Å². The molecule has 0 radical (unpaired) electrons. The summed E-state index contributed by atoms with van der Waals surface area (Å²) < 4.78 is 0. The molecule has 6 heteroatoms. The Balaban J connectivity index is 1.81. The highest BCUT2D eigenvalue weighted by Gasteiger charge is 2.16. The van der Waals surface area contributed by atoms with Crippen molar-refractivity contribution in [2.24, 2.45) is 4.99 Å². The number of aryl methyl sites for hydroxylation is 2. The van der Waals surface area contributed by atoms with Crippen molar-refractivity contribution >= 4 is 22.8 Å². The van der Waals surface area contributed by atoms with Gasteiger partial charge < -0.3 is 15.3 Å². The number of hydrogen-bond acceptors (Lipinski definition) is 6. The van der Waals surface area contributed by atoms with E-state index in [9.17, 15) is 20.1 Å². The van der Waals surface area contributed by atoms with Gasteiger partial charge in [-0.25, -0.2) is 0 Å². The van der Waals surface area contributed by atoms with Crippen molar-refractivity contribution in [3.8, 4) is 27.7 Å². The molecule has 0 saturated carbocycles. The van der Waals surface area contributed by atoms with Gasteiger partial charge in [-0.15, -0.1) is 11.3 Å². The number of hydrogen-bond donors (Lipinski definition) is 3. The molecule has 0 spiro atoms. The number of aliphatic imine (C=N–C) groups is 1. The first-order chi connectivity index (χ1) is 13.3. The van der Waals surface area contributed by atoms with E-state index in [0.717, 1.165) is 16.0 Å². The third kappa shape index (κ3) is 3.92. The van der Waals surface area contributed by atoms with Crippen molar-refractivity contribution in [3.63, 3.8) is 0 Å². The van der Waals surface area contributed by atoms with Gasteiger partial charge in [-0.1, -0.05) is 18.2 Å². The Morgan fingerprint density at radius 1 is 1.00 bits per heavy atom. The molecule has 0 atom stereocenters. The fourth-order valence-corrected chi connectivity index (χ4v) is 3.76. The highest BCUT2D eigenvalue weighted by Crippen LogP contribution is 2.39. The second-order valence-electron chi connectivity index (χ2n) is 6.65. The van der Waals surface area contributed by atoms with Gasteiger partial charge >= 0.3 is 0 Å². The third-order valence-electron chi connectivity index (χ3n) is 4.68. The van der Waals surface area contributed by atoms with Crippen molar-refractivity contribution in [1.29, 1.82) is 0 Å². The zero-order valence-corrected chi connectivity index (χ0v) is 16.7. The molecule has 0 fully saturated rings. The molecule has 0 aliphatic heterocycles. The Labute approximate surface area is 167 Å². The van der Waals surface area contributed by atoms with Gasteiger partial charge in [-0.05, 0) is 55.7 Å². The molecule has 0 amide bonds. The van der Waals surface area contributed by atoms with Crippen LogP contribution in [0.3, 0.4) is 0 Å². The van der Waals surface area contributed by atoms with Gasteiger partial charge in [0, 0.05) is 22.2 Å². The molecule has 0 unspecified atom stereocenters. The van der Waals surface area contributed by atoms with Gasteiger partial charge in [-0.2, -0.15) is 0 Å². The lowest BCUT2D eigenvalue weighted by Gasteiger charge is -2.05. The van der Waals surface area contributed by atoms with Crippen LogP contribution in [-0.2, 0) is 0 Å². The predicted molar refractivity (Wildman–Crippen MR) is 112 cm³/mol. The van der Waals surface area contributed by atoms with Crippen LogP contribution in [0.25, 0.3) is 10.4 Å². The van der Waals surface area contributed by atoms with Crippen LogP contribution in [0.5, 0.6) is 17.2 Å². The average Bonchev–Trinajstić information content (AvgIpc) is 3.05. The largest absolute Gasteiger partial charge is 0.506 e. The lowest BCUT2D eigenvalue weighted by Crippen LogP contribution is -2.06. The van der Waals surface area contributed by atoms with Crippen molar-refractivity contribution in [2.75, 3.05) is 6.54 Å². The maximum Gasteiger partial charge on any atom is 0.184 e. The Hall–Kier alpha value is -3.12. The molecule has 3 aromatic rings. The van der Waals surface area contributed by atoms with Gasteiger partial charge in [-0.3, -0.25) is 9.79 Å². The van der Waals surface area contributed by atoms with Crippen LogP contribution in [0.15, 0.2) is 46.8 Å². The topological polar surface area (TPSA) is 90.1 Å². The minimum absolute atomic E-state index is 0.121. The Morgan fingerprint density at radius 2 is 1.75 bits per heavy atom. The van der Waals surface area contributed by atoms with E-state index in [1.165, 1.54) is 35.1 Å². The first-order valence-electron chi connectivity index (χ1n) is 8.72. The number of aromatic hydroxyl groups is 3. The Morgan fingerprint density at radius 3 is 2.43 bits per heavy atom. The number of benzene rings is 2. The van der Waals surface area contributed by atoms with Crippen LogP contribution >= 0.6 is 11.3 Å². The van der Waals surface area contributed by atoms with Gasteiger partial charge in [0.1, 0.15) is 12.3 Å². The maximum atomic E-state index is 12.3. The van der Waals surface area contributed by atoms with E-state index in [1.54, 1.807) is 6.92 Å². The summed E-state index contributed by atoms with van der Waals surface area (Å²) in [6.07, 6.45) is 0. The maximum absolute atomic E-state index is 12.3. The first-order valence-corrected chi connectivity index (χ1v) is 9.60. The fourth-order valence-electron chi connectivity index (χ4n) is 2.76. The molecule has 0 aliphatic rings. The molecule has 5 nitrogen and oxygen atoms in total. The molecule has 28 heavy (non-hydrogen) atoms. The number of nitrogens with zero attached hydrogens (tertiary/aromatic N) is 1. The molecular formula is C22H21NO4S. The number of rotatable bonds is 5. The second-order valence-corrected chi connectivity index (χ2v) is 7.53. The van der Waals surface area contributed by atoms with Gasteiger partial charge in [0.25, 0.3) is 0 Å². The molecule has 0 bridgehead atoms. The fraction of sp³-hybridized carbons (Fsp3) is 0.182. The van der Waals surface area contributed by atoms with Crippen LogP contribution in [0, 0.1) is 13.8 Å². The van der Waals surface area contributed by atoms with Crippen molar-refractivity contribution in [3.05, 3.63) is 64.0 Å². The monoisotopic (exact) mass is 395 g/mol. The van der Waals surface area contributed by atoms with E-state index in [1.807, 2.05) is 37.4 Å². The molecule has 3 N–H and O–H groups in total. The zero-order chi connectivity index (χ0) is 20.4. The highest BCUT2D eigenvalue weighted by molar-refractivity contribution is 7.14. The Bertz CT molecular complexity index is 1080. The van der Waals surface area contributed by atoms with Gasteiger partial charge in [0.2, 0.25) is 0 Å². The van der Waals surface area contributed by atoms with Gasteiger partial charge in [0.05, 0.1) is 4.88 Å². The van der Waals surface area contributed by atoms with Crippen LogP contribution in [0.4, 0.5) is 0 Å². The number of phenolic OH excluding ortho intramolecular Hbond substituents is 2. The van der Waals surface area contributed by atoms with Crippen LogP contribution in [-0.4, -0.2) is 33.4 Å². The molecule has 2 aromatic carbocycles. The third-order valence-corrected chi connectivity index (χ3v) is 5.70. The summed E-state index contributed by atoms with van der Waals surface area (Å²) in [7, 11) is 0. The van der Waals surface area contributed by atoms with E-state index >= 15 is 0 Å². The standard InChI is InChI=1S/C22H21NO4S/c1-12-4-5-16(8-13(12)2)22-21(27)17(11-28-22)14(3)23-10-20(26)15-6-7-18(24)19(25)9-15/h4-9,11,24-25,27H,10H2,1-3H3. The summed E-state index contributed by atoms with van der Waals surface area (Å²) in [5.74, 6) is -0.763. The van der Waals surface area contributed by atoms with E-state index in [4.69, 9.17) is 0 Å². The molecule has 1 aromatic heterocycles. The summed E-state index contributed by atoms with van der Waals surface area (Å²) in [5.41, 5.74) is 4.70. The Kier molecular flexibility index (Phi) is 5.51. The van der Waals surface area contributed by atoms with Crippen molar-refractivity contribution < 1.29 is 20.1 Å². The van der Waals surface area contributed by atoms with E-state index in [2.05, 4.69) is 4.99 Å². The lowest BCUT2D eigenvalue weighted by molar-refractivity contribution is 0.100. The summed E-state index contributed by atoms with van der Waals surface area (Å²) in [6, 6.07) is 9.95. The number of Topliss-reactive ketones (excluding diaryl/α,β-unsaturated/α-hetero) is 1. The van der Waals surface area contributed by atoms with Crippen molar-refractivity contribution in [2.45, 2.75) is 20.8 Å². The van der Waals surface area contributed by atoms with Gasteiger partial charge in [0.15, 0.2) is 17.3 Å². The first kappa shape index (κ1) is 19.6. The predicted octanol–water partition coefficient (Wildman–Crippen LogP) is 4.84. The SMILES string of the molecule is CC(=NCC(=O)c1ccc(O)c(O)c1)c1csc(-c2ccc(C)c(C)c2)c1O. The van der Waals surface area contributed by atoms with Crippen LogP contribution in [0.1, 0.15) is 34.0 Å². The molecule has 1 heterocycles. The molecule has 3 rings (SSSR count). The quantitative estimate of drug-likeness (QED) is 0.327. The summed E-state index contributed by atoms with van der Waals surface area (Å²) in [6.45, 7) is 5.70. The van der Waals surface area contributed by atoms with E-state index in [-0.39, 0.29) is 35.1 Å². The molecule has 0 saturated heterocycles. The molecular weight excluding hydrogens is 374 g/mol. The minimum atomic E-state index is -0.347. The van der Waals surface area contributed by atoms with E-state index in [0.29, 0.717) is 11.3 Å². The number of thiophene rings is 1. The smallest absolute Gasteiger partial charge is 0.184 e. The van der Waals surface area contributed by atoms with E-state index < -0.39 is 0 Å². The zero-order valence-electron chi connectivity index (χ0n) is 15.9. The normalized spacial score (nSPS) is 11.6. The van der Waals surface area contributed by atoms with Crippen LogP contribution < -0.4 is 0 Å². The average molecular weight is 395 g/mol. The summed E-state index contributed by atoms with van der Waals surface area (Å²) >= 11 is 1.43. The number of ketones is 1.